The first-order chi connectivity index (χ1) is 17.8. The minimum absolute atomic E-state index is 0.276. The first-order valence-corrected chi connectivity index (χ1v) is 15.1. The van der Waals surface area contributed by atoms with Gasteiger partial charge in [0.2, 0.25) is 0 Å². The zero-order valence-corrected chi connectivity index (χ0v) is 24.2. The van der Waals surface area contributed by atoms with Crippen molar-refractivity contribution in [1.29, 1.82) is 0 Å². The number of sulfonamides is 2. The first kappa shape index (κ1) is 28.9. The van der Waals surface area contributed by atoms with Crippen LogP contribution in [0.15, 0.2) is 94.7 Å². The molecule has 4 aromatic carbocycles. The van der Waals surface area contributed by atoms with Crippen LogP contribution in [0.5, 0.6) is 0 Å². The third-order valence-corrected chi connectivity index (χ3v) is 8.68. The molecule has 0 saturated carbocycles. The summed E-state index contributed by atoms with van der Waals surface area (Å²) >= 11 is 0. The fourth-order valence-corrected chi connectivity index (χ4v) is 5.96. The van der Waals surface area contributed by atoms with Crippen LogP contribution in [0.2, 0.25) is 0 Å². The van der Waals surface area contributed by atoms with Crippen molar-refractivity contribution in [3.8, 4) is 0 Å². The van der Waals surface area contributed by atoms with E-state index in [0.717, 1.165) is 33.4 Å². The summed E-state index contributed by atoms with van der Waals surface area (Å²) in [6.45, 7) is 11.6. The van der Waals surface area contributed by atoms with Gasteiger partial charge in [-0.15, -0.1) is 0 Å². The standard InChI is InChI=1S/2C15H17NO2S/c2*1-11-4-7-14(8-5-11)19(17,18)16-15-9-6-12(2)10-13(15)3/h2*4-10,16H,1-3H3. The molecule has 0 bridgehead atoms. The normalized spacial score (nSPS) is 11.3. The molecule has 0 saturated heterocycles. The molecule has 0 unspecified atom stereocenters. The van der Waals surface area contributed by atoms with Gasteiger partial charge in [0.05, 0.1) is 21.2 Å². The van der Waals surface area contributed by atoms with E-state index in [0.29, 0.717) is 11.4 Å². The number of aryl methyl sites for hydroxylation is 6. The molecule has 0 fully saturated rings. The van der Waals surface area contributed by atoms with Crippen molar-refractivity contribution in [2.75, 3.05) is 9.44 Å². The molecule has 200 valence electrons. The molecule has 0 spiro atoms. The van der Waals surface area contributed by atoms with Gasteiger partial charge >= 0.3 is 0 Å². The van der Waals surface area contributed by atoms with Crippen LogP contribution in [0.25, 0.3) is 0 Å². The van der Waals surface area contributed by atoms with Crippen molar-refractivity contribution >= 4 is 31.4 Å². The SMILES string of the molecule is Cc1ccc(S(=O)(=O)Nc2ccc(C)cc2C)cc1.Cc1ccc(S(=O)(=O)Nc2ccc(C)cc2C)cc1. The Balaban J connectivity index is 0.000000211. The zero-order valence-electron chi connectivity index (χ0n) is 22.5. The maximum absolute atomic E-state index is 12.2. The summed E-state index contributed by atoms with van der Waals surface area (Å²) in [6.07, 6.45) is 0. The highest BCUT2D eigenvalue weighted by Crippen LogP contribution is 2.22. The zero-order chi connectivity index (χ0) is 28.1. The number of rotatable bonds is 6. The third kappa shape index (κ3) is 7.69. The second kappa shape index (κ2) is 11.8. The van der Waals surface area contributed by atoms with E-state index in [1.165, 1.54) is 0 Å². The molecule has 4 aromatic rings. The van der Waals surface area contributed by atoms with Gasteiger partial charge < -0.3 is 0 Å². The summed E-state index contributed by atoms with van der Waals surface area (Å²) in [6, 6.07) is 24.9. The topological polar surface area (TPSA) is 92.3 Å². The van der Waals surface area contributed by atoms with Crippen LogP contribution in [-0.2, 0) is 20.0 Å². The van der Waals surface area contributed by atoms with Crippen molar-refractivity contribution in [3.05, 3.63) is 118 Å². The Kier molecular flexibility index (Phi) is 9.01. The Hall–Kier alpha value is -3.62. The van der Waals surface area contributed by atoms with Crippen molar-refractivity contribution < 1.29 is 16.8 Å². The van der Waals surface area contributed by atoms with Crippen molar-refractivity contribution in [3.63, 3.8) is 0 Å². The maximum atomic E-state index is 12.2. The van der Waals surface area contributed by atoms with Crippen LogP contribution >= 0.6 is 0 Å². The molecule has 0 amide bonds. The Bertz CT molecular complexity index is 1500. The van der Waals surface area contributed by atoms with Gasteiger partial charge in [0.25, 0.3) is 20.0 Å². The molecule has 0 aliphatic heterocycles. The van der Waals surface area contributed by atoms with E-state index in [4.69, 9.17) is 0 Å². The number of hydrogen-bond donors (Lipinski definition) is 2. The Morgan fingerprint density at radius 2 is 0.711 bits per heavy atom. The van der Waals surface area contributed by atoms with Crippen LogP contribution in [0.4, 0.5) is 11.4 Å². The fourth-order valence-electron chi connectivity index (χ4n) is 3.70. The largest absolute Gasteiger partial charge is 0.279 e. The maximum Gasteiger partial charge on any atom is 0.261 e. The second-order valence-corrected chi connectivity index (χ2v) is 12.8. The van der Waals surface area contributed by atoms with E-state index in [-0.39, 0.29) is 9.79 Å². The van der Waals surface area contributed by atoms with E-state index < -0.39 is 20.0 Å². The average molecular weight is 551 g/mol. The number of hydrogen-bond acceptors (Lipinski definition) is 4. The molecule has 0 atom stereocenters. The van der Waals surface area contributed by atoms with Gasteiger partial charge in [-0.05, 0) is 89.1 Å². The molecule has 6 nitrogen and oxygen atoms in total. The summed E-state index contributed by atoms with van der Waals surface area (Å²) in [5.74, 6) is 0. The average Bonchev–Trinajstić information content (AvgIpc) is 2.84. The van der Waals surface area contributed by atoms with Crippen molar-refractivity contribution in [1.82, 2.24) is 0 Å². The molecule has 0 aliphatic carbocycles. The minimum atomic E-state index is -3.52. The lowest BCUT2D eigenvalue weighted by molar-refractivity contribution is 0.599. The van der Waals surface area contributed by atoms with Crippen molar-refractivity contribution in [2.24, 2.45) is 0 Å². The first-order valence-electron chi connectivity index (χ1n) is 12.1. The molecule has 0 aromatic heterocycles. The van der Waals surface area contributed by atoms with Crippen LogP contribution in [-0.4, -0.2) is 16.8 Å². The summed E-state index contributed by atoms with van der Waals surface area (Å²) < 4.78 is 54.2. The number of benzene rings is 4. The highest BCUT2D eigenvalue weighted by Gasteiger charge is 2.16. The lowest BCUT2D eigenvalue weighted by atomic mass is 10.1. The summed E-state index contributed by atoms with van der Waals surface area (Å²) in [4.78, 5) is 0.552. The van der Waals surface area contributed by atoms with Gasteiger partial charge in [-0.25, -0.2) is 16.8 Å². The smallest absolute Gasteiger partial charge is 0.261 e. The Morgan fingerprint density at radius 3 is 1.00 bits per heavy atom. The fraction of sp³-hybridized carbons (Fsp3) is 0.200. The summed E-state index contributed by atoms with van der Waals surface area (Å²) in [7, 11) is -7.03. The molecule has 8 heteroatoms. The highest BCUT2D eigenvalue weighted by molar-refractivity contribution is 7.93. The van der Waals surface area contributed by atoms with E-state index in [1.54, 1.807) is 60.7 Å². The quantitative estimate of drug-likeness (QED) is 0.275. The second-order valence-electron chi connectivity index (χ2n) is 9.47. The van der Waals surface area contributed by atoms with Gasteiger partial charge in [-0.2, -0.15) is 0 Å². The van der Waals surface area contributed by atoms with Gasteiger partial charge in [-0.1, -0.05) is 70.8 Å². The van der Waals surface area contributed by atoms with Crippen LogP contribution < -0.4 is 9.44 Å². The number of nitrogens with one attached hydrogen (secondary N) is 2. The van der Waals surface area contributed by atoms with E-state index >= 15 is 0 Å². The van der Waals surface area contributed by atoms with Gasteiger partial charge in [0.15, 0.2) is 0 Å². The number of anilines is 2. The van der Waals surface area contributed by atoms with Gasteiger partial charge in [0.1, 0.15) is 0 Å². The van der Waals surface area contributed by atoms with Gasteiger partial charge in [0, 0.05) is 0 Å². The molecule has 0 aliphatic rings. The molecule has 4 rings (SSSR count). The summed E-state index contributed by atoms with van der Waals surface area (Å²) in [5, 5.41) is 0. The molecule has 0 radical (unpaired) electrons. The van der Waals surface area contributed by atoms with Crippen LogP contribution in [0.3, 0.4) is 0 Å². The van der Waals surface area contributed by atoms with E-state index in [9.17, 15) is 16.8 Å². The Labute approximate surface area is 226 Å². The Morgan fingerprint density at radius 1 is 0.421 bits per heavy atom. The summed E-state index contributed by atoms with van der Waals surface area (Å²) in [5.41, 5.74) is 7.34. The predicted octanol–water partition coefficient (Wildman–Crippen LogP) is 6.83. The monoisotopic (exact) mass is 550 g/mol. The van der Waals surface area contributed by atoms with E-state index in [2.05, 4.69) is 9.44 Å². The molecule has 2 N–H and O–H groups in total. The lowest BCUT2D eigenvalue weighted by Crippen LogP contribution is -2.13. The molecule has 38 heavy (non-hydrogen) atoms. The van der Waals surface area contributed by atoms with Crippen LogP contribution in [0.1, 0.15) is 33.4 Å². The predicted molar refractivity (Wildman–Crippen MR) is 156 cm³/mol. The molecular formula is C30H34N2O4S2. The minimum Gasteiger partial charge on any atom is -0.279 e. The molecule has 0 heterocycles. The molecular weight excluding hydrogens is 516 g/mol. The van der Waals surface area contributed by atoms with Crippen LogP contribution in [0, 0.1) is 41.5 Å². The van der Waals surface area contributed by atoms with Gasteiger partial charge in [-0.3, -0.25) is 9.44 Å². The third-order valence-electron chi connectivity index (χ3n) is 5.92. The van der Waals surface area contributed by atoms with E-state index in [1.807, 2.05) is 65.8 Å². The van der Waals surface area contributed by atoms with Crippen molar-refractivity contribution in [2.45, 2.75) is 51.3 Å². The lowest BCUT2D eigenvalue weighted by Gasteiger charge is -2.11. The highest BCUT2D eigenvalue weighted by atomic mass is 32.2.